The van der Waals surface area contributed by atoms with E-state index >= 15 is 0 Å². The third kappa shape index (κ3) is 7.45. The molecule has 1 fully saturated rings. The van der Waals surface area contributed by atoms with Crippen molar-refractivity contribution in [2.75, 3.05) is 23.7 Å². The predicted octanol–water partition coefficient (Wildman–Crippen LogP) is 5.30. The van der Waals surface area contributed by atoms with E-state index in [2.05, 4.69) is 20.6 Å². The molecule has 1 saturated heterocycles. The maximum atomic E-state index is 13.0. The second-order valence-corrected chi connectivity index (χ2v) is 9.65. The first-order valence-electron chi connectivity index (χ1n) is 13.3. The Bertz CT molecular complexity index is 1550. The molecule has 0 radical (unpaired) electrons. The normalized spacial score (nSPS) is 13.2. The minimum atomic E-state index is -0.406. The van der Waals surface area contributed by atoms with E-state index in [0.29, 0.717) is 48.8 Å². The van der Waals surface area contributed by atoms with Gasteiger partial charge < -0.3 is 25.0 Å². The summed E-state index contributed by atoms with van der Waals surface area (Å²) >= 11 is 0. The van der Waals surface area contributed by atoms with Gasteiger partial charge in [-0.05, 0) is 54.6 Å². The van der Waals surface area contributed by atoms with Crippen LogP contribution in [0.2, 0.25) is 0 Å². The summed E-state index contributed by atoms with van der Waals surface area (Å²) in [7, 11) is 0. The first kappa shape index (κ1) is 28.2. The van der Waals surface area contributed by atoms with Crippen molar-refractivity contribution in [2.45, 2.75) is 25.9 Å². The van der Waals surface area contributed by atoms with Crippen molar-refractivity contribution in [1.29, 1.82) is 0 Å². The van der Waals surface area contributed by atoms with E-state index in [4.69, 9.17) is 9.47 Å². The van der Waals surface area contributed by atoms with Gasteiger partial charge in [-0.2, -0.15) is 0 Å². The maximum absolute atomic E-state index is 13.0. The van der Waals surface area contributed by atoms with Crippen LogP contribution in [0.3, 0.4) is 0 Å². The molecule has 11 heteroatoms. The number of piperidine rings is 1. The molecule has 42 heavy (non-hydrogen) atoms. The highest BCUT2D eigenvalue weighted by atomic mass is 19.1. The molecule has 0 bridgehead atoms. The van der Waals surface area contributed by atoms with Crippen LogP contribution in [0.4, 0.5) is 15.8 Å². The van der Waals surface area contributed by atoms with Crippen LogP contribution in [0.15, 0.2) is 85.2 Å². The van der Waals surface area contributed by atoms with Crippen molar-refractivity contribution in [3.63, 3.8) is 0 Å². The standard InChI is InChI=1S/C31H28FN5O5/c1-20(38)35-23-3-2-4-27(17-23)41-26-13-15-37(16-14-26)31(40)28-11-5-21(18-33-28)30(39)36-24-8-12-29(34-19-24)42-25-9-6-22(32)7-10-25/h2-12,17-19,26H,13-16H2,1H3,(H,35,38)(H,36,39). The van der Waals surface area contributed by atoms with Crippen molar-refractivity contribution < 1.29 is 28.2 Å². The number of nitrogens with zero attached hydrogens (tertiary/aromatic N) is 3. The molecule has 214 valence electrons. The number of nitrogens with one attached hydrogen (secondary N) is 2. The van der Waals surface area contributed by atoms with Crippen LogP contribution < -0.4 is 20.1 Å². The number of rotatable bonds is 8. The number of carbonyl (C=O) groups is 3. The maximum Gasteiger partial charge on any atom is 0.272 e. The van der Waals surface area contributed by atoms with E-state index in [1.54, 1.807) is 35.2 Å². The molecule has 1 aliphatic rings. The van der Waals surface area contributed by atoms with Gasteiger partial charge in [-0.25, -0.2) is 9.37 Å². The van der Waals surface area contributed by atoms with E-state index in [9.17, 15) is 18.8 Å². The zero-order valence-electron chi connectivity index (χ0n) is 22.7. The molecule has 2 N–H and O–H groups in total. The molecule has 0 aliphatic carbocycles. The Morgan fingerprint density at radius 3 is 2.31 bits per heavy atom. The van der Waals surface area contributed by atoms with Gasteiger partial charge in [0.1, 0.15) is 29.1 Å². The number of anilines is 2. The molecule has 0 atom stereocenters. The fourth-order valence-corrected chi connectivity index (χ4v) is 4.38. The van der Waals surface area contributed by atoms with E-state index in [1.807, 2.05) is 12.1 Å². The van der Waals surface area contributed by atoms with Gasteiger partial charge in [-0.15, -0.1) is 0 Å². The summed E-state index contributed by atoms with van der Waals surface area (Å²) in [5.74, 6) is 0.243. The Labute approximate surface area is 241 Å². The monoisotopic (exact) mass is 569 g/mol. The smallest absolute Gasteiger partial charge is 0.272 e. The van der Waals surface area contributed by atoms with Gasteiger partial charge in [0, 0.05) is 56.9 Å². The SMILES string of the molecule is CC(=O)Nc1cccc(OC2CCN(C(=O)c3ccc(C(=O)Nc4ccc(Oc5ccc(F)cc5)nc4)cn3)CC2)c1. The zero-order chi connectivity index (χ0) is 29.5. The minimum Gasteiger partial charge on any atom is -0.490 e. The Hall–Kier alpha value is -5.32. The molecule has 2 aromatic heterocycles. The van der Waals surface area contributed by atoms with Crippen molar-refractivity contribution in [3.8, 4) is 17.4 Å². The summed E-state index contributed by atoms with van der Waals surface area (Å²) < 4.78 is 24.7. The summed E-state index contributed by atoms with van der Waals surface area (Å²) in [5.41, 5.74) is 1.64. The number of hydrogen-bond donors (Lipinski definition) is 2. The van der Waals surface area contributed by atoms with Gasteiger partial charge in [0.2, 0.25) is 11.8 Å². The predicted molar refractivity (Wildman–Crippen MR) is 153 cm³/mol. The summed E-state index contributed by atoms with van der Waals surface area (Å²) in [6.07, 6.45) is 4.05. The quantitative estimate of drug-likeness (QED) is 0.295. The Kier molecular flexibility index (Phi) is 8.67. The van der Waals surface area contributed by atoms with Gasteiger partial charge in [0.25, 0.3) is 11.8 Å². The summed E-state index contributed by atoms with van der Waals surface area (Å²) in [5, 5.41) is 5.47. The van der Waals surface area contributed by atoms with Crippen LogP contribution in [-0.2, 0) is 4.79 Å². The fourth-order valence-electron chi connectivity index (χ4n) is 4.38. The molecule has 10 nitrogen and oxygen atoms in total. The van der Waals surface area contributed by atoms with Gasteiger partial charge in [-0.1, -0.05) is 6.07 Å². The lowest BCUT2D eigenvalue weighted by molar-refractivity contribution is -0.114. The van der Waals surface area contributed by atoms with Crippen LogP contribution in [-0.4, -0.2) is 51.8 Å². The number of ether oxygens (including phenoxy) is 2. The highest BCUT2D eigenvalue weighted by Gasteiger charge is 2.25. The second kappa shape index (κ2) is 12.9. The summed E-state index contributed by atoms with van der Waals surface area (Å²) in [4.78, 5) is 47.1. The number of aromatic nitrogens is 2. The van der Waals surface area contributed by atoms with Gasteiger partial charge in [-0.3, -0.25) is 19.4 Å². The summed E-state index contributed by atoms with van der Waals surface area (Å²) in [6, 6.07) is 19.1. The van der Waals surface area contributed by atoms with Crippen molar-refractivity contribution in [1.82, 2.24) is 14.9 Å². The number of hydrogen-bond acceptors (Lipinski definition) is 7. The molecule has 0 saturated carbocycles. The van der Waals surface area contributed by atoms with Crippen molar-refractivity contribution in [3.05, 3.63) is 102 Å². The van der Waals surface area contributed by atoms with Crippen LogP contribution in [0.25, 0.3) is 0 Å². The number of pyridine rings is 2. The van der Waals surface area contributed by atoms with Gasteiger partial charge in [0.05, 0.1) is 17.4 Å². The first-order valence-corrected chi connectivity index (χ1v) is 13.3. The lowest BCUT2D eigenvalue weighted by Crippen LogP contribution is -2.42. The number of halogens is 1. The zero-order valence-corrected chi connectivity index (χ0v) is 22.7. The molecule has 3 heterocycles. The van der Waals surface area contributed by atoms with Crippen LogP contribution in [0.1, 0.15) is 40.6 Å². The first-order chi connectivity index (χ1) is 20.3. The average molecular weight is 570 g/mol. The Balaban J connectivity index is 1.10. The third-order valence-electron chi connectivity index (χ3n) is 6.46. The van der Waals surface area contributed by atoms with Crippen LogP contribution in [0.5, 0.6) is 17.4 Å². The van der Waals surface area contributed by atoms with Gasteiger partial charge >= 0.3 is 0 Å². The number of amides is 3. The number of carbonyl (C=O) groups excluding carboxylic acids is 3. The highest BCUT2D eigenvalue weighted by Crippen LogP contribution is 2.24. The van der Waals surface area contributed by atoms with Gasteiger partial charge in [0.15, 0.2) is 0 Å². The molecule has 1 aliphatic heterocycles. The molecule has 0 spiro atoms. The number of benzene rings is 2. The lowest BCUT2D eigenvalue weighted by Gasteiger charge is -2.32. The van der Waals surface area contributed by atoms with E-state index < -0.39 is 5.91 Å². The van der Waals surface area contributed by atoms with E-state index in [0.717, 1.165) is 0 Å². The molecule has 2 aromatic carbocycles. The highest BCUT2D eigenvalue weighted by molar-refractivity contribution is 6.04. The number of likely N-dealkylation sites (tertiary alicyclic amines) is 1. The van der Waals surface area contributed by atoms with E-state index in [-0.39, 0.29) is 40.9 Å². The lowest BCUT2D eigenvalue weighted by atomic mass is 10.1. The van der Waals surface area contributed by atoms with Crippen LogP contribution >= 0.6 is 0 Å². The minimum absolute atomic E-state index is 0.0568. The molecule has 5 rings (SSSR count). The fraction of sp³-hybridized carbons (Fsp3) is 0.194. The Morgan fingerprint density at radius 1 is 0.857 bits per heavy atom. The molecular weight excluding hydrogens is 541 g/mol. The largest absolute Gasteiger partial charge is 0.490 e. The molecule has 0 unspecified atom stereocenters. The molecule has 3 amide bonds. The van der Waals surface area contributed by atoms with E-state index in [1.165, 1.54) is 49.6 Å². The van der Waals surface area contributed by atoms with Crippen molar-refractivity contribution >= 4 is 29.1 Å². The van der Waals surface area contributed by atoms with Crippen LogP contribution in [0, 0.1) is 5.82 Å². The third-order valence-corrected chi connectivity index (χ3v) is 6.46. The average Bonchev–Trinajstić information content (AvgIpc) is 2.99. The Morgan fingerprint density at radius 2 is 1.64 bits per heavy atom. The van der Waals surface area contributed by atoms with Crippen molar-refractivity contribution in [2.24, 2.45) is 0 Å². The molecule has 4 aromatic rings. The topological polar surface area (TPSA) is 123 Å². The second-order valence-electron chi connectivity index (χ2n) is 9.65. The molecular formula is C31H28FN5O5. The summed E-state index contributed by atoms with van der Waals surface area (Å²) in [6.45, 7) is 2.46.